The summed E-state index contributed by atoms with van der Waals surface area (Å²) in [5, 5.41) is 6.72. The largest absolute Gasteiger partial charge is 0.463 e. The minimum absolute atomic E-state index is 0.195. The van der Waals surface area contributed by atoms with Crippen molar-refractivity contribution in [3.05, 3.63) is 58.0 Å². The second-order valence-electron chi connectivity index (χ2n) is 4.12. The standard InChI is InChI=1S/C14H11Cl2N3O3/c15-9-3-4-12(16)11(6-9)14(21)17-8-13(20)19-18-7-10-2-1-5-22-10/h1-7H,8H2,(H,17,21)(H,19,20)/b18-7-. The highest BCUT2D eigenvalue weighted by Gasteiger charge is 2.12. The number of carbonyl (C=O) groups is 2. The maximum Gasteiger partial charge on any atom is 0.259 e. The van der Waals surface area contributed by atoms with Gasteiger partial charge in [0.1, 0.15) is 5.76 Å². The van der Waals surface area contributed by atoms with Crippen molar-refractivity contribution >= 4 is 41.2 Å². The van der Waals surface area contributed by atoms with Gasteiger partial charge in [-0.1, -0.05) is 23.2 Å². The number of amides is 2. The molecular weight excluding hydrogens is 329 g/mol. The molecule has 0 atom stereocenters. The highest BCUT2D eigenvalue weighted by molar-refractivity contribution is 6.35. The van der Waals surface area contributed by atoms with E-state index in [4.69, 9.17) is 27.6 Å². The van der Waals surface area contributed by atoms with E-state index in [1.165, 1.54) is 24.6 Å². The van der Waals surface area contributed by atoms with Gasteiger partial charge in [0, 0.05) is 5.02 Å². The zero-order valence-electron chi connectivity index (χ0n) is 11.2. The molecule has 2 amide bonds. The van der Waals surface area contributed by atoms with Gasteiger partial charge in [0.15, 0.2) is 0 Å². The van der Waals surface area contributed by atoms with Crippen LogP contribution in [0.5, 0.6) is 0 Å². The fraction of sp³-hybridized carbons (Fsp3) is 0.0714. The number of halogens is 2. The molecule has 2 N–H and O–H groups in total. The molecule has 22 heavy (non-hydrogen) atoms. The molecule has 2 rings (SSSR count). The first-order chi connectivity index (χ1) is 10.6. The van der Waals surface area contributed by atoms with Gasteiger partial charge in [0.05, 0.1) is 29.6 Å². The lowest BCUT2D eigenvalue weighted by molar-refractivity contribution is -0.120. The average Bonchev–Trinajstić information content (AvgIpc) is 3.00. The number of hydrogen-bond acceptors (Lipinski definition) is 4. The van der Waals surface area contributed by atoms with Crippen LogP contribution in [0.15, 0.2) is 46.1 Å². The molecule has 1 aromatic heterocycles. The highest BCUT2D eigenvalue weighted by Crippen LogP contribution is 2.20. The Morgan fingerprint density at radius 3 is 2.82 bits per heavy atom. The third-order valence-corrected chi connectivity index (χ3v) is 3.07. The van der Waals surface area contributed by atoms with Crippen LogP contribution < -0.4 is 10.7 Å². The lowest BCUT2D eigenvalue weighted by Gasteiger charge is -2.06. The van der Waals surface area contributed by atoms with E-state index in [1.807, 2.05) is 0 Å². The Balaban J connectivity index is 1.83. The van der Waals surface area contributed by atoms with Gasteiger partial charge in [0.25, 0.3) is 11.8 Å². The Kier molecular flexibility index (Phi) is 5.57. The van der Waals surface area contributed by atoms with Gasteiger partial charge in [-0.2, -0.15) is 5.10 Å². The van der Waals surface area contributed by atoms with Crippen molar-refractivity contribution in [1.82, 2.24) is 10.7 Å². The SMILES string of the molecule is O=C(CNC(=O)c1cc(Cl)ccc1Cl)N/N=C\c1ccco1. The monoisotopic (exact) mass is 339 g/mol. The third-order valence-electron chi connectivity index (χ3n) is 2.51. The Labute approximate surface area is 136 Å². The summed E-state index contributed by atoms with van der Waals surface area (Å²) in [5.74, 6) is -0.498. The molecular formula is C14H11Cl2N3O3. The smallest absolute Gasteiger partial charge is 0.259 e. The van der Waals surface area contributed by atoms with Gasteiger partial charge < -0.3 is 9.73 Å². The first kappa shape index (κ1) is 16.1. The summed E-state index contributed by atoms with van der Waals surface area (Å²) in [4.78, 5) is 23.4. The van der Waals surface area contributed by atoms with E-state index in [2.05, 4.69) is 15.8 Å². The molecule has 0 unspecified atom stereocenters. The van der Waals surface area contributed by atoms with Crippen molar-refractivity contribution in [2.45, 2.75) is 0 Å². The summed E-state index contributed by atoms with van der Waals surface area (Å²) in [5.41, 5.74) is 2.45. The van der Waals surface area contributed by atoms with E-state index >= 15 is 0 Å². The first-order valence-electron chi connectivity index (χ1n) is 6.15. The van der Waals surface area contributed by atoms with Crippen LogP contribution in [0.2, 0.25) is 10.0 Å². The van der Waals surface area contributed by atoms with Crippen LogP contribution in [0.4, 0.5) is 0 Å². The van der Waals surface area contributed by atoms with Gasteiger partial charge in [0.2, 0.25) is 0 Å². The average molecular weight is 340 g/mol. The quantitative estimate of drug-likeness (QED) is 0.648. The molecule has 0 radical (unpaired) electrons. The molecule has 6 nitrogen and oxygen atoms in total. The maximum atomic E-state index is 11.9. The fourth-order valence-electron chi connectivity index (χ4n) is 1.50. The third kappa shape index (κ3) is 4.61. The second-order valence-corrected chi connectivity index (χ2v) is 4.96. The lowest BCUT2D eigenvalue weighted by Crippen LogP contribution is -2.35. The second kappa shape index (κ2) is 7.63. The van der Waals surface area contributed by atoms with Crippen LogP contribution in [-0.4, -0.2) is 24.6 Å². The predicted molar refractivity (Wildman–Crippen MR) is 83.2 cm³/mol. The van der Waals surface area contributed by atoms with Crippen LogP contribution in [0.3, 0.4) is 0 Å². The van der Waals surface area contributed by atoms with Crippen LogP contribution in [0.1, 0.15) is 16.1 Å². The number of nitrogens with zero attached hydrogens (tertiary/aromatic N) is 1. The van der Waals surface area contributed by atoms with Crippen molar-refractivity contribution in [2.75, 3.05) is 6.54 Å². The molecule has 1 heterocycles. The number of furan rings is 1. The summed E-state index contributed by atoms with van der Waals surface area (Å²) in [6, 6.07) is 7.87. The Bertz CT molecular complexity index is 699. The lowest BCUT2D eigenvalue weighted by atomic mass is 10.2. The van der Waals surface area contributed by atoms with Crippen molar-refractivity contribution in [1.29, 1.82) is 0 Å². The Morgan fingerprint density at radius 1 is 1.27 bits per heavy atom. The number of hydrazone groups is 1. The van der Waals surface area contributed by atoms with E-state index in [9.17, 15) is 9.59 Å². The molecule has 0 aliphatic carbocycles. The van der Waals surface area contributed by atoms with E-state index in [0.717, 1.165) is 0 Å². The minimum atomic E-state index is -0.502. The Morgan fingerprint density at radius 2 is 2.09 bits per heavy atom. The molecule has 0 bridgehead atoms. The summed E-state index contributed by atoms with van der Waals surface area (Å²) in [7, 11) is 0. The molecule has 8 heteroatoms. The van der Waals surface area contributed by atoms with E-state index in [1.54, 1.807) is 18.2 Å². The van der Waals surface area contributed by atoms with E-state index < -0.39 is 11.8 Å². The molecule has 2 aromatic rings. The van der Waals surface area contributed by atoms with Crippen LogP contribution >= 0.6 is 23.2 Å². The van der Waals surface area contributed by atoms with Gasteiger partial charge >= 0.3 is 0 Å². The molecule has 0 saturated carbocycles. The van der Waals surface area contributed by atoms with Crippen molar-refractivity contribution < 1.29 is 14.0 Å². The van der Waals surface area contributed by atoms with E-state index in [0.29, 0.717) is 10.8 Å². The predicted octanol–water partition coefficient (Wildman–Crippen LogP) is 2.47. The van der Waals surface area contributed by atoms with Crippen molar-refractivity contribution in [3.63, 3.8) is 0 Å². The van der Waals surface area contributed by atoms with Crippen molar-refractivity contribution in [2.24, 2.45) is 5.10 Å². The van der Waals surface area contributed by atoms with Gasteiger partial charge in [-0.15, -0.1) is 0 Å². The van der Waals surface area contributed by atoms with Crippen LogP contribution in [0.25, 0.3) is 0 Å². The first-order valence-corrected chi connectivity index (χ1v) is 6.90. The molecule has 114 valence electrons. The van der Waals surface area contributed by atoms with Crippen LogP contribution in [0, 0.1) is 0 Å². The summed E-state index contributed by atoms with van der Waals surface area (Å²) >= 11 is 11.7. The maximum absolute atomic E-state index is 11.9. The molecule has 0 aliphatic rings. The van der Waals surface area contributed by atoms with Gasteiger partial charge in [-0.05, 0) is 30.3 Å². The Hall–Kier alpha value is -2.31. The number of hydrogen-bond donors (Lipinski definition) is 2. The molecule has 0 fully saturated rings. The molecule has 0 spiro atoms. The van der Waals surface area contributed by atoms with E-state index in [-0.39, 0.29) is 17.1 Å². The fourth-order valence-corrected chi connectivity index (χ4v) is 1.87. The topological polar surface area (TPSA) is 83.7 Å². The molecule has 0 saturated heterocycles. The summed E-state index contributed by atoms with van der Waals surface area (Å²) in [6.07, 6.45) is 2.83. The minimum Gasteiger partial charge on any atom is -0.463 e. The highest BCUT2D eigenvalue weighted by atomic mass is 35.5. The zero-order valence-corrected chi connectivity index (χ0v) is 12.7. The number of benzene rings is 1. The van der Waals surface area contributed by atoms with Gasteiger partial charge in [-0.3, -0.25) is 9.59 Å². The number of carbonyl (C=O) groups excluding carboxylic acids is 2. The number of nitrogens with one attached hydrogen (secondary N) is 2. The zero-order chi connectivity index (χ0) is 15.9. The van der Waals surface area contributed by atoms with Crippen LogP contribution in [-0.2, 0) is 4.79 Å². The molecule has 1 aromatic carbocycles. The van der Waals surface area contributed by atoms with Gasteiger partial charge in [-0.25, -0.2) is 5.43 Å². The summed E-state index contributed by atoms with van der Waals surface area (Å²) < 4.78 is 5.00. The molecule has 0 aliphatic heterocycles. The normalized spacial score (nSPS) is 10.6. The summed E-state index contributed by atoms with van der Waals surface area (Å²) in [6.45, 7) is -0.253. The number of rotatable bonds is 5. The van der Waals surface area contributed by atoms with Crippen molar-refractivity contribution in [3.8, 4) is 0 Å².